The van der Waals surface area contributed by atoms with E-state index in [1.54, 1.807) is 0 Å². The van der Waals surface area contributed by atoms with E-state index < -0.39 is 10.0 Å². The Morgan fingerprint density at radius 1 is 1.28 bits per heavy atom. The highest BCUT2D eigenvalue weighted by molar-refractivity contribution is 7.89. The van der Waals surface area contributed by atoms with Gasteiger partial charge in [-0.3, -0.25) is 0 Å². The third-order valence-electron chi connectivity index (χ3n) is 3.86. The van der Waals surface area contributed by atoms with Gasteiger partial charge in [0, 0.05) is 13.1 Å². The normalized spacial score (nSPS) is 22.8. The van der Waals surface area contributed by atoms with Gasteiger partial charge in [0.15, 0.2) is 0 Å². The molecule has 0 saturated heterocycles. The summed E-state index contributed by atoms with van der Waals surface area (Å²) < 4.78 is 26.7. The molecule has 0 spiro atoms. The van der Waals surface area contributed by atoms with E-state index in [9.17, 15) is 8.42 Å². The lowest BCUT2D eigenvalue weighted by Crippen LogP contribution is -2.33. The first-order chi connectivity index (χ1) is 8.66. The van der Waals surface area contributed by atoms with E-state index in [-0.39, 0.29) is 0 Å². The van der Waals surface area contributed by atoms with Crippen molar-refractivity contribution in [1.82, 2.24) is 10.0 Å². The molecule has 1 aliphatic heterocycles. The third-order valence-corrected chi connectivity index (χ3v) is 5.35. The van der Waals surface area contributed by atoms with Crippen molar-refractivity contribution in [3.8, 4) is 0 Å². The van der Waals surface area contributed by atoms with Crippen molar-refractivity contribution >= 4 is 10.0 Å². The predicted octanol–water partition coefficient (Wildman–Crippen LogP) is 1.41. The van der Waals surface area contributed by atoms with Crippen molar-refractivity contribution in [2.75, 3.05) is 25.4 Å². The average molecular weight is 272 g/mol. The van der Waals surface area contributed by atoms with Gasteiger partial charge < -0.3 is 5.32 Å². The largest absolute Gasteiger partial charge is 0.313 e. The molecule has 0 amide bonds. The van der Waals surface area contributed by atoms with E-state index in [4.69, 9.17) is 0 Å². The lowest BCUT2D eigenvalue weighted by Gasteiger charge is -2.22. The molecular formula is C13H24N2O2S. The van der Waals surface area contributed by atoms with Crippen LogP contribution in [0.25, 0.3) is 0 Å². The Balaban J connectivity index is 1.77. The Bertz CT molecular complexity index is 384. The summed E-state index contributed by atoms with van der Waals surface area (Å²) in [5, 5.41) is 3.22. The third kappa shape index (κ3) is 4.71. The molecule has 2 rings (SSSR count). The van der Waals surface area contributed by atoms with Crippen molar-refractivity contribution in [1.29, 1.82) is 0 Å². The van der Waals surface area contributed by atoms with E-state index in [2.05, 4.69) is 16.1 Å². The quantitative estimate of drug-likeness (QED) is 0.744. The van der Waals surface area contributed by atoms with Crippen molar-refractivity contribution in [3.05, 3.63) is 11.6 Å². The summed E-state index contributed by atoms with van der Waals surface area (Å²) in [4.78, 5) is 0. The van der Waals surface area contributed by atoms with Gasteiger partial charge in [0.1, 0.15) is 0 Å². The zero-order chi connectivity index (χ0) is 12.8. The van der Waals surface area contributed by atoms with Gasteiger partial charge >= 0.3 is 0 Å². The van der Waals surface area contributed by atoms with Crippen molar-refractivity contribution in [2.24, 2.45) is 5.92 Å². The first-order valence-corrected chi connectivity index (χ1v) is 8.67. The first kappa shape index (κ1) is 14.0. The van der Waals surface area contributed by atoms with Gasteiger partial charge in [0.25, 0.3) is 0 Å². The van der Waals surface area contributed by atoms with Crippen LogP contribution in [0, 0.1) is 5.92 Å². The minimum Gasteiger partial charge on any atom is -0.313 e. The molecule has 1 heterocycles. The Hall–Kier alpha value is -0.390. The summed E-state index contributed by atoms with van der Waals surface area (Å²) in [6, 6.07) is 0. The lowest BCUT2D eigenvalue weighted by atomic mass is 9.91. The minimum atomic E-state index is -3.09. The Morgan fingerprint density at radius 2 is 2.06 bits per heavy atom. The molecule has 0 aromatic rings. The van der Waals surface area contributed by atoms with Gasteiger partial charge in [0.2, 0.25) is 10.0 Å². The van der Waals surface area contributed by atoms with E-state index in [0.717, 1.165) is 32.4 Å². The molecule has 2 N–H and O–H groups in total. The summed E-state index contributed by atoms with van der Waals surface area (Å²) in [6.45, 7) is 2.31. The SMILES string of the molecule is O=S(=O)(CC1CCCCC1)NCC1=CCNCC1. The summed E-state index contributed by atoms with van der Waals surface area (Å²) in [7, 11) is -3.09. The highest BCUT2D eigenvalue weighted by Gasteiger charge is 2.21. The fourth-order valence-electron chi connectivity index (χ4n) is 2.76. The molecule has 0 unspecified atom stereocenters. The van der Waals surface area contributed by atoms with Crippen molar-refractivity contribution in [2.45, 2.75) is 38.5 Å². The fourth-order valence-corrected chi connectivity index (χ4v) is 4.23. The number of hydrogen-bond donors (Lipinski definition) is 2. The van der Waals surface area contributed by atoms with E-state index in [0.29, 0.717) is 18.2 Å². The van der Waals surface area contributed by atoms with Gasteiger partial charge in [-0.15, -0.1) is 0 Å². The van der Waals surface area contributed by atoms with Crippen LogP contribution in [0.4, 0.5) is 0 Å². The molecule has 2 aliphatic rings. The van der Waals surface area contributed by atoms with Crippen molar-refractivity contribution in [3.63, 3.8) is 0 Å². The maximum atomic E-state index is 12.0. The molecule has 104 valence electrons. The molecule has 5 heteroatoms. The highest BCUT2D eigenvalue weighted by atomic mass is 32.2. The summed E-state index contributed by atoms with van der Waals surface area (Å²) in [5.41, 5.74) is 1.21. The number of nitrogens with one attached hydrogen (secondary N) is 2. The van der Waals surface area contributed by atoms with Crippen LogP contribution in [-0.2, 0) is 10.0 Å². The molecule has 1 aliphatic carbocycles. The molecule has 0 atom stereocenters. The van der Waals surface area contributed by atoms with E-state index >= 15 is 0 Å². The second-order valence-corrected chi connectivity index (χ2v) is 7.27. The predicted molar refractivity (Wildman–Crippen MR) is 73.9 cm³/mol. The van der Waals surface area contributed by atoms with Crippen LogP contribution >= 0.6 is 0 Å². The summed E-state index contributed by atoms with van der Waals surface area (Å²) >= 11 is 0. The van der Waals surface area contributed by atoms with Crippen molar-refractivity contribution < 1.29 is 8.42 Å². The Labute approximate surface area is 110 Å². The Morgan fingerprint density at radius 3 is 2.72 bits per heavy atom. The van der Waals surface area contributed by atoms with Gasteiger partial charge in [-0.2, -0.15) is 0 Å². The van der Waals surface area contributed by atoms with Crippen LogP contribution in [0.5, 0.6) is 0 Å². The van der Waals surface area contributed by atoms with E-state index in [1.165, 1.54) is 24.8 Å². The van der Waals surface area contributed by atoms with Gasteiger partial charge in [-0.25, -0.2) is 13.1 Å². The molecule has 0 aromatic carbocycles. The highest BCUT2D eigenvalue weighted by Crippen LogP contribution is 2.24. The monoisotopic (exact) mass is 272 g/mol. The second-order valence-electron chi connectivity index (χ2n) is 5.42. The smallest absolute Gasteiger partial charge is 0.212 e. The maximum Gasteiger partial charge on any atom is 0.212 e. The van der Waals surface area contributed by atoms with Gasteiger partial charge in [-0.05, 0) is 31.7 Å². The Kier molecular flexibility index (Phi) is 5.21. The lowest BCUT2D eigenvalue weighted by molar-refractivity contribution is 0.384. The van der Waals surface area contributed by atoms with Gasteiger partial charge in [0.05, 0.1) is 5.75 Å². The molecule has 4 nitrogen and oxygen atoms in total. The minimum absolute atomic E-state index is 0.318. The summed E-state index contributed by atoms with van der Waals surface area (Å²) in [6.07, 6.45) is 8.84. The number of sulfonamides is 1. The van der Waals surface area contributed by atoms with Crippen LogP contribution in [0.2, 0.25) is 0 Å². The molecule has 1 saturated carbocycles. The maximum absolute atomic E-state index is 12.0. The van der Waals surface area contributed by atoms with Crippen LogP contribution in [0.1, 0.15) is 38.5 Å². The average Bonchev–Trinajstić information content (AvgIpc) is 2.38. The molecule has 1 fully saturated rings. The van der Waals surface area contributed by atoms with Crippen LogP contribution in [-0.4, -0.2) is 33.8 Å². The fraction of sp³-hybridized carbons (Fsp3) is 0.846. The summed E-state index contributed by atoms with van der Waals surface area (Å²) in [5.74, 6) is 0.691. The van der Waals surface area contributed by atoms with Crippen LogP contribution in [0.15, 0.2) is 11.6 Å². The number of rotatable bonds is 5. The molecule has 0 bridgehead atoms. The topological polar surface area (TPSA) is 58.2 Å². The molecule has 18 heavy (non-hydrogen) atoms. The van der Waals surface area contributed by atoms with Crippen LogP contribution in [0.3, 0.4) is 0 Å². The van der Waals surface area contributed by atoms with E-state index in [1.807, 2.05) is 0 Å². The first-order valence-electron chi connectivity index (χ1n) is 7.02. The zero-order valence-corrected chi connectivity index (χ0v) is 11.8. The van der Waals surface area contributed by atoms with Crippen LogP contribution < -0.4 is 10.0 Å². The molecular weight excluding hydrogens is 248 g/mol. The standard InChI is InChI=1S/C13H24N2O2S/c16-18(17,11-13-4-2-1-3-5-13)15-10-12-6-8-14-9-7-12/h6,13-15H,1-5,7-11H2. The second kappa shape index (κ2) is 6.68. The number of hydrogen-bond acceptors (Lipinski definition) is 3. The zero-order valence-electron chi connectivity index (χ0n) is 11.0. The molecule has 0 radical (unpaired) electrons. The van der Waals surface area contributed by atoms with Gasteiger partial charge in [-0.1, -0.05) is 30.9 Å². The molecule has 0 aromatic heterocycles.